The number of aryl methyl sites for hydroxylation is 1. The van der Waals surface area contributed by atoms with E-state index in [2.05, 4.69) is 25.2 Å². The van der Waals surface area contributed by atoms with Crippen LogP contribution >= 0.6 is 0 Å². The van der Waals surface area contributed by atoms with Gasteiger partial charge in [-0.3, -0.25) is 4.79 Å². The van der Waals surface area contributed by atoms with Crippen molar-refractivity contribution in [3.05, 3.63) is 29.3 Å². The molecule has 1 unspecified atom stereocenters. The highest BCUT2D eigenvalue weighted by atomic mass is 16.1. The maximum absolute atomic E-state index is 11.2. The topological polar surface area (TPSA) is 29.1 Å². The second kappa shape index (κ2) is 7.88. The number of nitrogens with one attached hydrogen (secondary N) is 1. The van der Waals surface area contributed by atoms with Crippen LogP contribution in [0.4, 0.5) is 5.69 Å². The Morgan fingerprint density at radius 2 is 1.76 bits per heavy atom. The second-order valence-corrected chi connectivity index (χ2v) is 3.74. The van der Waals surface area contributed by atoms with Gasteiger partial charge in [-0.05, 0) is 24.5 Å². The molecule has 1 heterocycles. The van der Waals surface area contributed by atoms with Gasteiger partial charge in [-0.2, -0.15) is 0 Å². The van der Waals surface area contributed by atoms with E-state index >= 15 is 0 Å². The molecule has 1 N–H and O–H groups in total. The molecule has 1 aliphatic rings. The Morgan fingerprint density at radius 1 is 1.18 bits per heavy atom. The van der Waals surface area contributed by atoms with Crippen molar-refractivity contribution in [2.45, 2.75) is 53.9 Å². The van der Waals surface area contributed by atoms with Crippen LogP contribution in [-0.2, 0) is 4.79 Å². The molecule has 2 rings (SSSR count). The lowest BCUT2D eigenvalue weighted by molar-refractivity contribution is -0.116. The van der Waals surface area contributed by atoms with E-state index in [-0.39, 0.29) is 5.91 Å². The number of carbonyl (C=O) groups is 1. The van der Waals surface area contributed by atoms with E-state index in [1.54, 1.807) is 0 Å². The molecule has 0 fully saturated rings. The van der Waals surface area contributed by atoms with Gasteiger partial charge >= 0.3 is 0 Å². The molecule has 1 aromatic carbocycles. The normalized spacial score (nSPS) is 16.6. The van der Waals surface area contributed by atoms with Crippen LogP contribution in [0.1, 0.15) is 58.1 Å². The lowest BCUT2D eigenvalue weighted by Gasteiger charge is -2.22. The Morgan fingerprint density at radius 3 is 2.35 bits per heavy atom. The summed E-state index contributed by atoms with van der Waals surface area (Å²) in [5.41, 5.74) is 3.50. The summed E-state index contributed by atoms with van der Waals surface area (Å²) < 4.78 is 0. The van der Waals surface area contributed by atoms with Crippen LogP contribution in [0.2, 0.25) is 0 Å². The number of amides is 1. The highest BCUT2D eigenvalue weighted by Crippen LogP contribution is 2.31. The molecule has 1 atom stereocenters. The van der Waals surface area contributed by atoms with Gasteiger partial charge in [0.05, 0.1) is 0 Å². The minimum absolute atomic E-state index is 0.129. The lowest BCUT2D eigenvalue weighted by atomic mass is 9.91. The summed E-state index contributed by atoms with van der Waals surface area (Å²) in [4.78, 5) is 11.2. The summed E-state index contributed by atoms with van der Waals surface area (Å²) in [5, 5.41) is 2.88. The third kappa shape index (κ3) is 4.22. The predicted octanol–water partition coefficient (Wildman–Crippen LogP) is 4.49. The second-order valence-electron chi connectivity index (χ2n) is 3.74. The van der Waals surface area contributed by atoms with Crippen molar-refractivity contribution in [2.24, 2.45) is 0 Å². The zero-order chi connectivity index (χ0) is 13.4. The van der Waals surface area contributed by atoms with Gasteiger partial charge in [-0.25, -0.2) is 0 Å². The van der Waals surface area contributed by atoms with Gasteiger partial charge < -0.3 is 5.32 Å². The summed E-state index contributed by atoms with van der Waals surface area (Å²) in [5.74, 6) is 0.479. The first-order chi connectivity index (χ1) is 8.16. The molecule has 0 radical (unpaired) electrons. The van der Waals surface area contributed by atoms with Gasteiger partial charge in [0.1, 0.15) is 0 Å². The molecular formula is C15H25NO. The molecular weight excluding hydrogens is 210 g/mol. The molecule has 17 heavy (non-hydrogen) atoms. The number of carbonyl (C=O) groups excluding carboxylic acids is 1. The quantitative estimate of drug-likeness (QED) is 0.705. The van der Waals surface area contributed by atoms with Crippen molar-refractivity contribution < 1.29 is 4.79 Å². The molecule has 0 saturated heterocycles. The zero-order valence-corrected chi connectivity index (χ0v) is 11.9. The van der Waals surface area contributed by atoms with Gasteiger partial charge in [0.15, 0.2) is 0 Å². The van der Waals surface area contributed by atoms with Crippen molar-refractivity contribution in [3.8, 4) is 0 Å². The minimum atomic E-state index is 0.129. The first-order valence-corrected chi connectivity index (χ1v) is 6.57. The van der Waals surface area contributed by atoms with Crippen LogP contribution in [0.5, 0.6) is 0 Å². The molecule has 0 aliphatic carbocycles. The zero-order valence-electron chi connectivity index (χ0n) is 11.9. The monoisotopic (exact) mass is 235 g/mol. The number of anilines is 1. The SMILES string of the molecule is CC.CC.Cc1ccc2c(c1)C(C)CC(=O)N2. The van der Waals surface area contributed by atoms with E-state index < -0.39 is 0 Å². The summed E-state index contributed by atoms with van der Waals surface area (Å²) in [6.45, 7) is 12.2. The Balaban J connectivity index is 0.000000581. The Kier molecular flexibility index (Phi) is 7.27. The van der Waals surface area contributed by atoms with Crippen molar-refractivity contribution in [1.82, 2.24) is 0 Å². The molecule has 0 saturated carbocycles. The average Bonchev–Trinajstić information content (AvgIpc) is 2.35. The third-order valence-corrected chi connectivity index (χ3v) is 2.50. The van der Waals surface area contributed by atoms with Crippen LogP contribution in [0.25, 0.3) is 0 Å². The van der Waals surface area contributed by atoms with Crippen LogP contribution in [-0.4, -0.2) is 5.91 Å². The van der Waals surface area contributed by atoms with Crippen molar-refractivity contribution in [2.75, 3.05) is 5.32 Å². The number of hydrogen-bond donors (Lipinski definition) is 1. The Bertz CT molecular complexity index is 358. The first kappa shape index (κ1) is 15.7. The van der Waals surface area contributed by atoms with E-state index in [4.69, 9.17) is 0 Å². The van der Waals surface area contributed by atoms with Crippen LogP contribution in [0.3, 0.4) is 0 Å². The summed E-state index contributed by atoms with van der Waals surface area (Å²) in [6, 6.07) is 6.16. The number of benzene rings is 1. The van der Waals surface area contributed by atoms with Crippen LogP contribution < -0.4 is 5.32 Å². The lowest BCUT2D eigenvalue weighted by Crippen LogP contribution is -2.21. The Labute approximate surface area is 105 Å². The number of rotatable bonds is 0. The molecule has 1 aliphatic heterocycles. The molecule has 2 nitrogen and oxygen atoms in total. The molecule has 1 aromatic rings. The van der Waals surface area contributed by atoms with Gasteiger partial charge in [-0.15, -0.1) is 0 Å². The molecule has 0 aromatic heterocycles. The highest BCUT2D eigenvalue weighted by Gasteiger charge is 2.20. The maximum atomic E-state index is 11.2. The van der Waals surface area contributed by atoms with Gasteiger partial charge in [-0.1, -0.05) is 52.3 Å². The molecule has 0 bridgehead atoms. The van der Waals surface area contributed by atoms with E-state index in [0.717, 1.165) is 5.69 Å². The molecule has 2 heteroatoms. The fourth-order valence-corrected chi connectivity index (χ4v) is 1.79. The average molecular weight is 235 g/mol. The van der Waals surface area contributed by atoms with Crippen molar-refractivity contribution >= 4 is 11.6 Å². The van der Waals surface area contributed by atoms with Crippen LogP contribution in [0.15, 0.2) is 18.2 Å². The van der Waals surface area contributed by atoms with Gasteiger partial charge in [0, 0.05) is 12.1 Å². The standard InChI is InChI=1S/C11H13NO.2C2H6/c1-7-3-4-10-9(5-7)8(2)6-11(13)12-10;2*1-2/h3-5,8H,6H2,1-2H3,(H,12,13);2*1-2H3. The number of hydrogen-bond acceptors (Lipinski definition) is 1. The van der Waals surface area contributed by atoms with Crippen molar-refractivity contribution in [1.29, 1.82) is 0 Å². The van der Waals surface area contributed by atoms with E-state index in [9.17, 15) is 4.79 Å². The maximum Gasteiger partial charge on any atom is 0.224 e. The van der Waals surface area contributed by atoms with Gasteiger partial charge in [0.2, 0.25) is 5.91 Å². The smallest absolute Gasteiger partial charge is 0.224 e. The van der Waals surface area contributed by atoms with Gasteiger partial charge in [0.25, 0.3) is 0 Å². The summed E-state index contributed by atoms with van der Waals surface area (Å²) in [7, 11) is 0. The molecule has 0 spiro atoms. The van der Waals surface area contributed by atoms with Crippen LogP contribution in [0, 0.1) is 6.92 Å². The molecule has 96 valence electrons. The number of fused-ring (bicyclic) bond motifs is 1. The highest BCUT2D eigenvalue weighted by molar-refractivity contribution is 5.94. The minimum Gasteiger partial charge on any atom is -0.326 e. The van der Waals surface area contributed by atoms with E-state index in [0.29, 0.717) is 12.3 Å². The summed E-state index contributed by atoms with van der Waals surface area (Å²) in [6.07, 6.45) is 0.608. The summed E-state index contributed by atoms with van der Waals surface area (Å²) >= 11 is 0. The van der Waals surface area contributed by atoms with E-state index in [1.165, 1.54) is 11.1 Å². The third-order valence-electron chi connectivity index (χ3n) is 2.50. The Hall–Kier alpha value is -1.31. The first-order valence-electron chi connectivity index (χ1n) is 6.57. The largest absolute Gasteiger partial charge is 0.326 e. The fraction of sp³-hybridized carbons (Fsp3) is 0.533. The van der Waals surface area contributed by atoms with Crippen molar-refractivity contribution in [3.63, 3.8) is 0 Å². The fourth-order valence-electron chi connectivity index (χ4n) is 1.79. The predicted molar refractivity (Wildman–Crippen MR) is 75.5 cm³/mol. The molecule has 1 amide bonds. The van der Waals surface area contributed by atoms with E-state index in [1.807, 2.05) is 39.8 Å².